The standard InChI is InChI=1S/C21H21F2N7O2/c22-15-2-1-14(9-16(15)23)26-18(31)11-30-12-21(27-20(30)32)3-6-28(7-4-21)19-17-10-24-13-29(17)8-5-25-19/h1-2,5,8-10,13H,3-4,6-7,11-12H2,(H,26,31)(H,27,32). The minimum absolute atomic E-state index is 0.137. The van der Waals surface area contributed by atoms with Gasteiger partial charge in [0.25, 0.3) is 0 Å². The molecule has 11 heteroatoms. The number of nitrogens with one attached hydrogen (secondary N) is 2. The summed E-state index contributed by atoms with van der Waals surface area (Å²) >= 11 is 0. The number of nitrogens with zero attached hydrogens (tertiary/aromatic N) is 5. The summed E-state index contributed by atoms with van der Waals surface area (Å²) in [6, 6.07) is 2.81. The third kappa shape index (κ3) is 3.70. The highest BCUT2D eigenvalue weighted by Gasteiger charge is 2.45. The maximum Gasteiger partial charge on any atom is 0.318 e. The topological polar surface area (TPSA) is 94.9 Å². The highest BCUT2D eigenvalue weighted by molar-refractivity contribution is 5.94. The van der Waals surface area contributed by atoms with Gasteiger partial charge in [0.05, 0.1) is 18.1 Å². The van der Waals surface area contributed by atoms with Crippen molar-refractivity contribution >= 4 is 29.0 Å². The van der Waals surface area contributed by atoms with Crippen molar-refractivity contribution in [3.63, 3.8) is 0 Å². The number of amides is 3. The minimum Gasteiger partial charge on any atom is -0.355 e. The van der Waals surface area contributed by atoms with E-state index in [-0.39, 0.29) is 18.3 Å². The average molecular weight is 441 g/mol. The number of carbonyl (C=O) groups is 2. The van der Waals surface area contributed by atoms with Crippen molar-refractivity contribution in [1.29, 1.82) is 0 Å². The van der Waals surface area contributed by atoms with Crippen molar-refractivity contribution in [1.82, 2.24) is 24.6 Å². The minimum atomic E-state index is -1.05. The molecular formula is C21H21F2N7O2. The van der Waals surface area contributed by atoms with Crippen LogP contribution in [0.25, 0.3) is 5.52 Å². The third-order valence-corrected chi connectivity index (χ3v) is 6.03. The highest BCUT2D eigenvalue weighted by Crippen LogP contribution is 2.31. The Balaban J connectivity index is 1.20. The van der Waals surface area contributed by atoms with E-state index in [2.05, 4.69) is 25.5 Å². The van der Waals surface area contributed by atoms with Gasteiger partial charge in [0.1, 0.15) is 12.1 Å². The summed E-state index contributed by atoms with van der Waals surface area (Å²) in [4.78, 5) is 37.1. The van der Waals surface area contributed by atoms with E-state index < -0.39 is 23.1 Å². The number of piperidine rings is 1. The highest BCUT2D eigenvalue weighted by atomic mass is 19.2. The molecule has 0 unspecified atom stereocenters. The third-order valence-electron chi connectivity index (χ3n) is 6.03. The molecule has 166 valence electrons. The molecule has 2 N–H and O–H groups in total. The van der Waals surface area contributed by atoms with Crippen LogP contribution in [0.5, 0.6) is 0 Å². The number of aromatic nitrogens is 3. The molecule has 2 aromatic heterocycles. The fourth-order valence-electron chi connectivity index (χ4n) is 4.37. The van der Waals surface area contributed by atoms with E-state index in [1.165, 1.54) is 11.0 Å². The molecule has 2 aliphatic rings. The first-order valence-electron chi connectivity index (χ1n) is 10.3. The quantitative estimate of drug-likeness (QED) is 0.646. The number of benzene rings is 1. The molecule has 0 bridgehead atoms. The molecule has 3 aromatic rings. The Morgan fingerprint density at radius 2 is 2.03 bits per heavy atom. The molecular weight excluding hydrogens is 420 g/mol. The number of imidazole rings is 1. The van der Waals surface area contributed by atoms with Crippen LogP contribution < -0.4 is 15.5 Å². The first kappa shape index (κ1) is 20.2. The fraction of sp³-hybridized carbons (Fsp3) is 0.333. The summed E-state index contributed by atoms with van der Waals surface area (Å²) in [7, 11) is 0. The van der Waals surface area contributed by atoms with Gasteiger partial charge in [0.2, 0.25) is 5.91 Å². The van der Waals surface area contributed by atoms with Crippen molar-refractivity contribution in [2.75, 3.05) is 36.4 Å². The Bertz CT molecular complexity index is 1190. The van der Waals surface area contributed by atoms with Gasteiger partial charge >= 0.3 is 6.03 Å². The second-order valence-electron chi connectivity index (χ2n) is 8.17. The summed E-state index contributed by atoms with van der Waals surface area (Å²) in [6.07, 6.45) is 8.49. The maximum absolute atomic E-state index is 13.3. The van der Waals surface area contributed by atoms with Crippen molar-refractivity contribution in [3.8, 4) is 0 Å². The molecule has 4 heterocycles. The molecule has 2 aliphatic heterocycles. The molecule has 5 rings (SSSR count). The lowest BCUT2D eigenvalue weighted by Gasteiger charge is -2.39. The van der Waals surface area contributed by atoms with Crippen LogP contribution in [-0.4, -0.2) is 62.9 Å². The lowest BCUT2D eigenvalue weighted by atomic mass is 9.88. The van der Waals surface area contributed by atoms with Crippen LogP contribution in [0.15, 0.2) is 43.1 Å². The molecule has 1 aromatic carbocycles. The predicted octanol–water partition coefficient (Wildman–Crippen LogP) is 2.01. The molecule has 1 spiro atoms. The van der Waals surface area contributed by atoms with E-state index in [1.54, 1.807) is 18.7 Å². The summed E-state index contributed by atoms with van der Waals surface area (Å²) in [5.41, 5.74) is 0.647. The van der Waals surface area contributed by atoms with E-state index in [4.69, 9.17) is 0 Å². The summed E-state index contributed by atoms with van der Waals surface area (Å²) in [5.74, 6) is -1.66. The maximum atomic E-state index is 13.3. The van der Waals surface area contributed by atoms with Crippen LogP contribution in [0.2, 0.25) is 0 Å². The molecule has 32 heavy (non-hydrogen) atoms. The molecule has 9 nitrogen and oxygen atoms in total. The van der Waals surface area contributed by atoms with Gasteiger partial charge < -0.3 is 24.8 Å². The number of hydrogen-bond acceptors (Lipinski definition) is 5. The van der Waals surface area contributed by atoms with Crippen LogP contribution in [0, 0.1) is 11.6 Å². The zero-order chi connectivity index (χ0) is 22.3. The van der Waals surface area contributed by atoms with E-state index >= 15 is 0 Å². The molecule has 0 aliphatic carbocycles. The second kappa shape index (κ2) is 7.74. The molecule has 0 radical (unpaired) electrons. The van der Waals surface area contributed by atoms with Gasteiger partial charge in [0, 0.05) is 43.8 Å². The summed E-state index contributed by atoms with van der Waals surface area (Å²) in [6.45, 7) is 1.63. The molecule has 3 amide bonds. The number of halogens is 2. The summed E-state index contributed by atoms with van der Waals surface area (Å²) in [5, 5.41) is 5.54. The van der Waals surface area contributed by atoms with Gasteiger partial charge in [-0.3, -0.25) is 4.79 Å². The van der Waals surface area contributed by atoms with Crippen LogP contribution in [0.3, 0.4) is 0 Å². The van der Waals surface area contributed by atoms with E-state index in [9.17, 15) is 18.4 Å². The molecule has 0 atom stereocenters. The number of anilines is 2. The van der Waals surface area contributed by atoms with E-state index in [1.807, 2.05) is 10.6 Å². The Kier molecular flexibility index (Phi) is 4.87. The summed E-state index contributed by atoms with van der Waals surface area (Å²) < 4.78 is 28.3. The zero-order valence-electron chi connectivity index (χ0n) is 17.1. The van der Waals surface area contributed by atoms with Crippen molar-refractivity contribution in [2.24, 2.45) is 0 Å². The largest absolute Gasteiger partial charge is 0.355 e. The first-order chi connectivity index (χ1) is 15.4. The number of urea groups is 1. The van der Waals surface area contributed by atoms with Crippen molar-refractivity contribution in [3.05, 3.63) is 54.8 Å². The van der Waals surface area contributed by atoms with Crippen LogP contribution in [-0.2, 0) is 4.79 Å². The number of rotatable bonds is 4. The van der Waals surface area contributed by atoms with Crippen LogP contribution in [0.1, 0.15) is 12.8 Å². The lowest BCUT2D eigenvalue weighted by Crippen LogP contribution is -2.52. The van der Waals surface area contributed by atoms with Gasteiger partial charge in [-0.2, -0.15) is 0 Å². The Labute approximate surface area is 182 Å². The molecule has 0 saturated carbocycles. The smallest absolute Gasteiger partial charge is 0.318 e. The van der Waals surface area contributed by atoms with Gasteiger partial charge in [-0.25, -0.2) is 23.5 Å². The fourth-order valence-corrected chi connectivity index (χ4v) is 4.37. The predicted molar refractivity (Wildman–Crippen MR) is 112 cm³/mol. The Hall–Kier alpha value is -3.76. The molecule has 2 saturated heterocycles. The Morgan fingerprint density at radius 1 is 1.22 bits per heavy atom. The van der Waals surface area contributed by atoms with Crippen LogP contribution >= 0.6 is 0 Å². The zero-order valence-corrected chi connectivity index (χ0v) is 17.1. The normalized spacial score (nSPS) is 17.8. The van der Waals surface area contributed by atoms with Gasteiger partial charge in [0.15, 0.2) is 17.5 Å². The average Bonchev–Trinajstić information content (AvgIpc) is 3.36. The first-order valence-corrected chi connectivity index (χ1v) is 10.3. The monoisotopic (exact) mass is 441 g/mol. The second-order valence-corrected chi connectivity index (χ2v) is 8.17. The van der Waals surface area contributed by atoms with Gasteiger partial charge in [-0.15, -0.1) is 0 Å². The number of fused-ring (bicyclic) bond motifs is 1. The van der Waals surface area contributed by atoms with Gasteiger partial charge in [-0.05, 0) is 25.0 Å². The van der Waals surface area contributed by atoms with Gasteiger partial charge in [-0.1, -0.05) is 0 Å². The lowest BCUT2D eigenvalue weighted by molar-refractivity contribution is -0.116. The SMILES string of the molecule is O=C(CN1CC2(CCN(c3nccn4cncc34)CC2)NC1=O)Nc1ccc(F)c(F)c1. The number of hydrogen-bond donors (Lipinski definition) is 2. The van der Waals surface area contributed by atoms with Crippen molar-refractivity contribution in [2.45, 2.75) is 18.4 Å². The van der Waals surface area contributed by atoms with E-state index in [0.717, 1.165) is 23.5 Å². The van der Waals surface area contributed by atoms with E-state index in [0.29, 0.717) is 32.5 Å². The van der Waals surface area contributed by atoms with Crippen LogP contribution in [0.4, 0.5) is 25.1 Å². The number of carbonyl (C=O) groups excluding carboxylic acids is 2. The Morgan fingerprint density at radius 3 is 2.81 bits per heavy atom. The molecule has 2 fully saturated rings. The van der Waals surface area contributed by atoms with Crippen molar-refractivity contribution < 1.29 is 18.4 Å².